The first-order valence-corrected chi connectivity index (χ1v) is 11.1. The Bertz CT molecular complexity index is 1030. The maximum Gasteiger partial charge on any atom is 0.234 e. The topological polar surface area (TPSA) is 69.0 Å². The summed E-state index contributed by atoms with van der Waals surface area (Å²) in [5.74, 6) is 1.24. The summed E-state index contributed by atoms with van der Waals surface area (Å²) in [6.07, 6.45) is -0.359. The number of anilines is 1. The smallest absolute Gasteiger partial charge is 0.234 e. The summed E-state index contributed by atoms with van der Waals surface area (Å²) in [6, 6.07) is 12.4. The highest BCUT2D eigenvalue weighted by Crippen LogP contribution is 2.29. The van der Waals surface area contributed by atoms with E-state index in [1.54, 1.807) is 34.9 Å². The highest BCUT2D eigenvalue weighted by Gasteiger charge is 2.19. The van der Waals surface area contributed by atoms with Gasteiger partial charge in [0.15, 0.2) is 17.1 Å². The molecule has 152 valence electrons. The lowest BCUT2D eigenvalue weighted by Gasteiger charge is -2.15. The van der Waals surface area contributed by atoms with Gasteiger partial charge in [0.05, 0.1) is 15.8 Å². The Hall–Kier alpha value is -1.74. The van der Waals surface area contributed by atoms with Crippen LogP contribution in [0, 0.1) is 0 Å². The van der Waals surface area contributed by atoms with E-state index in [2.05, 4.69) is 31.4 Å². The lowest BCUT2D eigenvalue weighted by Crippen LogP contribution is -2.15. The first-order valence-electron chi connectivity index (χ1n) is 8.53. The minimum absolute atomic E-state index is 0.158. The molecule has 0 unspecified atom stereocenters. The second-order valence-corrected chi connectivity index (χ2v) is 8.67. The third-order valence-electron chi connectivity index (χ3n) is 3.91. The number of hydrogen-bond donors (Lipinski definition) is 1. The second-order valence-electron chi connectivity index (χ2n) is 6.06. The number of hydrogen-bond acceptors (Lipinski definition) is 5. The minimum atomic E-state index is -0.359. The van der Waals surface area contributed by atoms with Crippen molar-refractivity contribution in [3.63, 3.8) is 0 Å². The van der Waals surface area contributed by atoms with Crippen molar-refractivity contribution in [3.8, 4) is 5.75 Å². The fourth-order valence-electron chi connectivity index (χ4n) is 2.49. The van der Waals surface area contributed by atoms with Crippen molar-refractivity contribution in [1.82, 2.24) is 14.8 Å². The molecule has 3 aromatic rings. The van der Waals surface area contributed by atoms with E-state index in [9.17, 15) is 4.79 Å². The predicted molar refractivity (Wildman–Crippen MR) is 120 cm³/mol. The van der Waals surface area contributed by atoms with Gasteiger partial charge in [0.1, 0.15) is 5.75 Å². The zero-order chi connectivity index (χ0) is 21.0. The molecule has 0 saturated heterocycles. The second kappa shape index (κ2) is 9.84. The van der Waals surface area contributed by atoms with Gasteiger partial charge in [-0.3, -0.25) is 4.79 Å². The number of carbonyl (C=O) groups excluding carboxylic acids is 1. The van der Waals surface area contributed by atoms with E-state index in [0.717, 1.165) is 4.47 Å². The van der Waals surface area contributed by atoms with Crippen molar-refractivity contribution in [2.45, 2.75) is 18.2 Å². The average Bonchev–Trinajstić information content (AvgIpc) is 3.05. The van der Waals surface area contributed by atoms with Crippen LogP contribution in [0.5, 0.6) is 5.75 Å². The summed E-state index contributed by atoms with van der Waals surface area (Å²) >= 11 is 16.7. The Morgan fingerprint density at radius 2 is 2.00 bits per heavy atom. The van der Waals surface area contributed by atoms with Crippen LogP contribution in [0.3, 0.4) is 0 Å². The molecule has 29 heavy (non-hydrogen) atoms. The first-order chi connectivity index (χ1) is 13.8. The molecule has 0 spiro atoms. The minimum Gasteiger partial charge on any atom is -0.481 e. The highest BCUT2D eigenvalue weighted by molar-refractivity contribution is 9.10. The standard InChI is InChI=1S/C19H17BrCl2N4O2S/c1-11(28-16-6-4-3-5-15(16)22)18-24-25-19(26(18)2)29-10-17(27)23-12-7-8-14(21)13(20)9-12/h3-9,11H,10H2,1-2H3,(H,23,27)/t11-/m1/s1. The van der Waals surface area contributed by atoms with E-state index >= 15 is 0 Å². The molecule has 6 nitrogen and oxygen atoms in total. The van der Waals surface area contributed by atoms with Crippen LogP contribution in [0.4, 0.5) is 5.69 Å². The largest absolute Gasteiger partial charge is 0.481 e. The van der Waals surface area contributed by atoms with Gasteiger partial charge in [0, 0.05) is 17.2 Å². The van der Waals surface area contributed by atoms with Crippen molar-refractivity contribution < 1.29 is 9.53 Å². The highest BCUT2D eigenvalue weighted by atomic mass is 79.9. The molecular weight excluding hydrogens is 499 g/mol. The molecule has 0 fully saturated rings. The van der Waals surface area contributed by atoms with Gasteiger partial charge in [-0.2, -0.15) is 0 Å². The Morgan fingerprint density at radius 1 is 1.24 bits per heavy atom. The molecule has 0 bridgehead atoms. The Kier molecular flexibility index (Phi) is 7.45. The van der Waals surface area contributed by atoms with Crippen LogP contribution >= 0.6 is 50.9 Å². The number of halogens is 3. The van der Waals surface area contributed by atoms with Gasteiger partial charge < -0.3 is 14.6 Å². The molecule has 0 aliphatic heterocycles. The summed E-state index contributed by atoms with van der Waals surface area (Å²) in [6.45, 7) is 1.87. The molecule has 1 atom stereocenters. The normalized spacial score (nSPS) is 11.9. The van der Waals surface area contributed by atoms with Crippen LogP contribution in [0.25, 0.3) is 0 Å². The number of ether oxygens (including phenoxy) is 1. The molecule has 3 rings (SSSR count). The summed E-state index contributed by atoms with van der Waals surface area (Å²) in [5.41, 5.74) is 0.660. The van der Waals surface area contributed by atoms with Crippen molar-refractivity contribution in [2.75, 3.05) is 11.1 Å². The molecule has 2 aromatic carbocycles. The van der Waals surface area contributed by atoms with E-state index in [0.29, 0.717) is 32.5 Å². The molecule has 1 heterocycles. The van der Waals surface area contributed by atoms with Gasteiger partial charge in [-0.05, 0) is 53.2 Å². The zero-order valence-corrected chi connectivity index (χ0v) is 19.4. The van der Waals surface area contributed by atoms with Gasteiger partial charge in [0.2, 0.25) is 5.91 Å². The molecule has 0 radical (unpaired) electrons. The van der Waals surface area contributed by atoms with Gasteiger partial charge in [0.25, 0.3) is 0 Å². The fourth-order valence-corrected chi connectivity index (χ4v) is 3.89. The van der Waals surface area contributed by atoms with Crippen LogP contribution in [0.2, 0.25) is 10.0 Å². The summed E-state index contributed by atoms with van der Waals surface area (Å²) in [7, 11) is 1.83. The molecule has 1 amide bonds. The zero-order valence-electron chi connectivity index (χ0n) is 15.5. The first kappa shape index (κ1) is 22.0. The van der Waals surface area contributed by atoms with Gasteiger partial charge in [-0.25, -0.2) is 0 Å². The van der Waals surface area contributed by atoms with E-state index in [1.807, 2.05) is 26.1 Å². The number of rotatable bonds is 7. The lowest BCUT2D eigenvalue weighted by atomic mass is 10.3. The van der Waals surface area contributed by atoms with Crippen LogP contribution in [0.1, 0.15) is 18.9 Å². The summed E-state index contributed by atoms with van der Waals surface area (Å²) < 4.78 is 8.41. The molecule has 0 saturated carbocycles. The third-order valence-corrected chi connectivity index (χ3v) is 6.45. The Balaban J connectivity index is 1.59. The number of benzene rings is 2. The number of aromatic nitrogens is 3. The van der Waals surface area contributed by atoms with E-state index < -0.39 is 0 Å². The average molecular weight is 516 g/mol. The van der Waals surface area contributed by atoms with Crippen LogP contribution in [-0.4, -0.2) is 26.4 Å². The number of carbonyl (C=O) groups is 1. The van der Waals surface area contributed by atoms with Crippen LogP contribution < -0.4 is 10.1 Å². The van der Waals surface area contributed by atoms with Crippen LogP contribution in [0.15, 0.2) is 52.1 Å². The molecule has 1 aromatic heterocycles. The lowest BCUT2D eigenvalue weighted by molar-refractivity contribution is -0.113. The molecule has 0 aliphatic rings. The molecule has 0 aliphatic carbocycles. The third kappa shape index (κ3) is 5.66. The predicted octanol–water partition coefficient (Wildman–Crippen LogP) is 5.76. The summed E-state index contributed by atoms with van der Waals surface area (Å²) in [5, 5.41) is 12.9. The number of nitrogens with one attached hydrogen (secondary N) is 1. The van der Waals surface area contributed by atoms with E-state index in [1.165, 1.54) is 11.8 Å². The SMILES string of the molecule is C[C@@H](Oc1ccccc1Cl)c1nnc(SCC(=O)Nc2ccc(Cl)c(Br)c2)n1C. The van der Waals surface area contributed by atoms with E-state index in [-0.39, 0.29) is 17.8 Å². The van der Waals surface area contributed by atoms with Crippen molar-refractivity contribution in [1.29, 1.82) is 0 Å². The quantitative estimate of drug-likeness (QED) is 0.405. The van der Waals surface area contributed by atoms with Crippen molar-refractivity contribution >= 4 is 62.5 Å². The summed E-state index contributed by atoms with van der Waals surface area (Å²) in [4.78, 5) is 12.2. The van der Waals surface area contributed by atoms with Gasteiger partial charge in [-0.1, -0.05) is 47.1 Å². The number of para-hydroxylation sites is 1. The van der Waals surface area contributed by atoms with Gasteiger partial charge in [-0.15, -0.1) is 10.2 Å². The van der Waals surface area contributed by atoms with Crippen LogP contribution in [-0.2, 0) is 11.8 Å². The van der Waals surface area contributed by atoms with Crippen molar-refractivity contribution in [3.05, 3.63) is 62.8 Å². The Labute approximate surface area is 191 Å². The number of thioether (sulfide) groups is 1. The Morgan fingerprint density at radius 3 is 2.72 bits per heavy atom. The fraction of sp³-hybridized carbons (Fsp3) is 0.211. The van der Waals surface area contributed by atoms with E-state index in [4.69, 9.17) is 27.9 Å². The molecule has 10 heteroatoms. The molecular formula is C19H17BrCl2N4O2S. The monoisotopic (exact) mass is 514 g/mol. The van der Waals surface area contributed by atoms with Gasteiger partial charge >= 0.3 is 0 Å². The maximum absolute atomic E-state index is 12.2. The molecule has 1 N–H and O–H groups in total. The number of nitrogens with zero attached hydrogens (tertiary/aromatic N) is 3. The number of amides is 1. The van der Waals surface area contributed by atoms with Crippen molar-refractivity contribution in [2.24, 2.45) is 7.05 Å². The maximum atomic E-state index is 12.2.